The number of anilines is 2. The normalized spacial score (nSPS) is 10.9. The van der Waals surface area contributed by atoms with Crippen LogP contribution in [-0.2, 0) is 6.61 Å². The lowest BCUT2D eigenvalue weighted by Gasteiger charge is -2.07. The summed E-state index contributed by atoms with van der Waals surface area (Å²) < 4.78 is 5.75. The summed E-state index contributed by atoms with van der Waals surface area (Å²) in [5.74, 6) is 1.63. The van der Waals surface area contributed by atoms with Crippen LogP contribution in [-0.4, -0.2) is 15.0 Å². The van der Waals surface area contributed by atoms with Gasteiger partial charge in [-0.25, -0.2) is 4.98 Å². The molecule has 5 aromatic rings. The maximum atomic E-state index is 5.75. The Kier molecular flexibility index (Phi) is 4.47. The smallest absolute Gasteiger partial charge is 0.146 e. The minimum absolute atomic E-state index is 0.408. The van der Waals surface area contributed by atoms with E-state index in [1.807, 2.05) is 42.7 Å². The lowest BCUT2D eigenvalue weighted by atomic mass is 10.1. The molecule has 5 nitrogen and oxygen atoms in total. The third-order valence-corrected chi connectivity index (χ3v) is 4.77. The lowest BCUT2D eigenvalue weighted by molar-refractivity contribution is 0.297. The molecule has 29 heavy (non-hydrogen) atoms. The van der Waals surface area contributed by atoms with Crippen LogP contribution >= 0.6 is 0 Å². The maximum absolute atomic E-state index is 5.75. The Morgan fingerprint density at radius 2 is 1.66 bits per heavy atom. The summed E-state index contributed by atoms with van der Waals surface area (Å²) in [6, 6.07) is 26.3. The van der Waals surface area contributed by atoms with Gasteiger partial charge in [-0.05, 0) is 47.9 Å². The molecule has 0 amide bonds. The number of hydrogen-bond acceptors (Lipinski definition) is 3. The van der Waals surface area contributed by atoms with Gasteiger partial charge in [0.1, 0.15) is 18.2 Å². The topological polar surface area (TPSA) is 65.7 Å². The maximum Gasteiger partial charge on any atom is 0.146 e. The van der Waals surface area contributed by atoms with Crippen LogP contribution in [0.1, 0.15) is 5.82 Å². The van der Waals surface area contributed by atoms with Crippen molar-refractivity contribution in [2.75, 3.05) is 5.32 Å². The predicted octanol–water partition coefficient (Wildman–Crippen LogP) is 5.88. The van der Waals surface area contributed by atoms with Crippen LogP contribution in [0.5, 0.6) is 5.75 Å². The van der Waals surface area contributed by atoms with Gasteiger partial charge in [0.2, 0.25) is 0 Å². The zero-order valence-corrected chi connectivity index (χ0v) is 15.7. The number of H-pyrrole nitrogens is 2. The van der Waals surface area contributed by atoms with Gasteiger partial charge in [0.15, 0.2) is 0 Å². The van der Waals surface area contributed by atoms with Gasteiger partial charge in [-0.3, -0.25) is 0 Å². The molecule has 0 fully saturated rings. The highest BCUT2D eigenvalue weighted by molar-refractivity contribution is 5.83. The van der Waals surface area contributed by atoms with Gasteiger partial charge >= 0.3 is 0 Å². The SMILES string of the molecule is c1ccc(OCc2nc(-c3ccc(Nc4ccc5cc[nH]c5c4)cc3)c[nH]2)cc1. The molecule has 3 N–H and O–H groups in total. The number of imidazole rings is 1. The summed E-state index contributed by atoms with van der Waals surface area (Å²) in [4.78, 5) is 11.1. The standard InChI is InChI=1S/C24H20N4O/c1-2-4-21(5-3-1)29-16-24-26-15-23(28-24)17-6-9-19(10-7-17)27-20-11-8-18-12-13-25-22(18)14-20/h1-15,25,27H,16H2,(H,26,28). The Hall–Kier alpha value is -3.99. The number of aromatic nitrogens is 3. The molecule has 0 spiro atoms. The van der Waals surface area contributed by atoms with Crippen molar-refractivity contribution >= 4 is 22.3 Å². The highest BCUT2D eigenvalue weighted by Gasteiger charge is 2.06. The quantitative estimate of drug-likeness (QED) is 0.345. The Morgan fingerprint density at radius 1 is 0.828 bits per heavy atom. The molecular formula is C24H20N4O. The molecule has 2 heterocycles. The molecule has 142 valence electrons. The molecule has 2 aromatic heterocycles. The molecule has 3 aromatic carbocycles. The third kappa shape index (κ3) is 3.84. The minimum Gasteiger partial charge on any atom is -0.486 e. The fourth-order valence-corrected chi connectivity index (χ4v) is 3.27. The monoisotopic (exact) mass is 380 g/mol. The van der Waals surface area contributed by atoms with E-state index in [-0.39, 0.29) is 0 Å². The van der Waals surface area contributed by atoms with Crippen molar-refractivity contribution in [3.8, 4) is 17.0 Å². The van der Waals surface area contributed by atoms with Crippen LogP contribution < -0.4 is 10.1 Å². The van der Waals surface area contributed by atoms with Crippen molar-refractivity contribution in [3.05, 3.63) is 97.1 Å². The van der Waals surface area contributed by atoms with Gasteiger partial charge in [0.05, 0.1) is 5.69 Å². The van der Waals surface area contributed by atoms with Gasteiger partial charge in [0, 0.05) is 34.8 Å². The first-order valence-corrected chi connectivity index (χ1v) is 9.50. The summed E-state index contributed by atoms with van der Waals surface area (Å²) >= 11 is 0. The average Bonchev–Trinajstić information content (AvgIpc) is 3.43. The number of benzene rings is 3. The first-order chi connectivity index (χ1) is 14.3. The van der Waals surface area contributed by atoms with Gasteiger partial charge in [-0.1, -0.05) is 36.4 Å². The number of hydrogen-bond donors (Lipinski definition) is 3. The average molecular weight is 380 g/mol. The molecule has 0 aliphatic heterocycles. The summed E-state index contributed by atoms with van der Waals surface area (Å²) in [5, 5.41) is 4.65. The van der Waals surface area contributed by atoms with E-state index in [2.05, 4.69) is 68.8 Å². The van der Waals surface area contributed by atoms with E-state index in [9.17, 15) is 0 Å². The molecule has 0 aliphatic carbocycles. The van der Waals surface area contributed by atoms with E-state index in [4.69, 9.17) is 4.74 Å². The highest BCUT2D eigenvalue weighted by atomic mass is 16.5. The summed E-state index contributed by atoms with van der Waals surface area (Å²) in [5.41, 5.74) is 5.15. The number of fused-ring (bicyclic) bond motifs is 1. The van der Waals surface area contributed by atoms with E-state index in [0.29, 0.717) is 6.61 Å². The Balaban J connectivity index is 1.25. The molecule has 5 rings (SSSR count). The molecule has 0 saturated heterocycles. The van der Waals surface area contributed by atoms with E-state index >= 15 is 0 Å². The van der Waals surface area contributed by atoms with Crippen molar-refractivity contribution in [2.45, 2.75) is 6.61 Å². The van der Waals surface area contributed by atoms with Crippen molar-refractivity contribution in [1.82, 2.24) is 15.0 Å². The molecular weight excluding hydrogens is 360 g/mol. The first kappa shape index (κ1) is 17.1. The van der Waals surface area contributed by atoms with Crippen LogP contribution in [0.3, 0.4) is 0 Å². The largest absolute Gasteiger partial charge is 0.486 e. The third-order valence-electron chi connectivity index (χ3n) is 4.77. The van der Waals surface area contributed by atoms with E-state index in [1.54, 1.807) is 0 Å². The Labute approximate surface area is 168 Å². The number of ether oxygens (including phenoxy) is 1. The molecule has 5 heteroatoms. The van der Waals surface area contributed by atoms with Gasteiger partial charge < -0.3 is 20.0 Å². The second-order valence-electron chi connectivity index (χ2n) is 6.82. The van der Waals surface area contributed by atoms with Crippen molar-refractivity contribution in [1.29, 1.82) is 0 Å². The van der Waals surface area contributed by atoms with Crippen molar-refractivity contribution < 1.29 is 4.74 Å². The first-order valence-electron chi connectivity index (χ1n) is 9.50. The molecule has 0 unspecified atom stereocenters. The van der Waals surface area contributed by atoms with Crippen LogP contribution in [0.2, 0.25) is 0 Å². The molecule has 0 radical (unpaired) electrons. The van der Waals surface area contributed by atoms with Crippen LogP contribution in [0.4, 0.5) is 11.4 Å². The number of nitrogens with one attached hydrogen (secondary N) is 3. The van der Waals surface area contributed by atoms with Gasteiger partial charge in [-0.2, -0.15) is 0 Å². The zero-order valence-electron chi connectivity index (χ0n) is 15.7. The number of para-hydroxylation sites is 1. The predicted molar refractivity (Wildman–Crippen MR) is 116 cm³/mol. The zero-order chi connectivity index (χ0) is 19.5. The van der Waals surface area contributed by atoms with Crippen molar-refractivity contribution in [3.63, 3.8) is 0 Å². The molecule has 0 aliphatic rings. The minimum atomic E-state index is 0.408. The second-order valence-corrected chi connectivity index (χ2v) is 6.82. The summed E-state index contributed by atoms with van der Waals surface area (Å²) in [6.07, 6.45) is 3.86. The molecule has 0 bridgehead atoms. The Morgan fingerprint density at radius 3 is 2.52 bits per heavy atom. The van der Waals surface area contributed by atoms with E-state index < -0.39 is 0 Å². The van der Waals surface area contributed by atoms with Crippen LogP contribution in [0.25, 0.3) is 22.2 Å². The van der Waals surface area contributed by atoms with Crippen LogP contribution in [0.15, 0.2) is 91.3 Å². The number of nitrogens with zero attached hydrogens (tertiary/aromatic N) is 1. The van der Waals surface area contributed by atoms with E-state index in [0.717, 1.165) is 39.7 Å². The molecule has 0 saturated carbocycles. The Bertz CT molecular complexity index is 1220. The molecule has 0 atom stereocenters. The second kappa shape index (κ2) is 7.56. The van der Waals surface area contributed by atoms with Crippen LogP contribution in [0, 0.1) is 0 Å². The lowest BCUT2D eigenvalue weighted by Crippen LogP contribution is -1.97. The van der Waals surface area contributed by atoms with Crippen molar-refractivity contribution in [2.24, 2.45) is 0 Å². The van der Waals surface area contributed by atoms with E-state index in [1.165, 1.54) is 5.39 Å². The summed E-state index contributed by atoms with van der Waals surface area (Å²) in [6.45, 7) is 0.408. The number of aromatic amines is 2. The summed E-state index contributed by atoms with van der Waals surface area (Å²) in [7, 11) is 0. The highest BCUT2D eigenvalue weighted by Crippen LogP contribution is 2.24. The van der Waals surface area contributed by atoms with Gasteiger partial charge in [-0.15, -0.1) is 0 Å². The number of rotatable bonds is 6. The fraction of sp³-hybridized carbons (Fsp3) is 0.0417. The fourth-order valence-electron chi connectivity index (χ4n) is 3.27. The van der Waals surface area contributed by atoms with Gasteiger partial charge in [0.25, 0.3) is 0 Å².